The molecule has 1 amide bonds. The number of carbonyl (C=O) groups excluding carboxylic acids is 2. The lowest BCUT2D eigenvalue weighted by Crippen LogP contribution is -2.23. The van der Waals surface area contributed by atoms with Gasteiger partial charge in [0.15, 0.2) is 0 Å². The zero-order valence-corrected chi connectivity index (χ0v) is 12.9. The summed E-state index contributed by atoms with van der Waals surface area (Å²) in [4.78, 5) is 24.6. The van der Waals surface area contributed by atoms with Crippen LogP contribution in [0.3, 0.4) is 0 Å². The Hall–Kier alpha value is -2.76. The number of amides is 1. The lowest BCUT2D eigenvalue weighted by molar-refractivity contribution is 0.0647. The van der Waals surface area contributed by atoms with Crippen LogP contribution >= 0.6 is 0 Å². The Balaban J connectivity index is 1.66. The molecule has 6 nitrogen and oxygen atoms in total. The van der Waals surface area contributed by atoms with Crippen molar-refractivity contribution in [2.24, 2.45) is 5.92 Å². The molecule has 1 heterocycles. The molecule has 0 aromatic heterocycles. The summed E-state index contributed by atoms with van der Waals surface area (Å²) in [6.45, 7) is 1.94. The number of benzene rings is 1. The molecule has 6 heteroatoms. The van der Waals surface area contributed by atoms with Crippen LogP contribution in [0.4, 0.5) is 9.59 Å². The standard InChI is InChI=1S/C17H19NO5/c1-14-6-5-10-18(11-9-14)16(19)21-12-13-22-17(20)23-15-7-3-2-4-8-15/h2-5,7-11,14H,6,12-13H2,1H3. The van der Waals surface area contributed by atoms with E-state index in [1.54, 1.807) is 36.7 Å². The monoisotopic (exact) mass is 317 g/mol. The van der Waals surface area contributed by atoms with Crippen LogP contribution in [0.15, 0.2) is 54.9 Å². The maximum absolute atomic E-state index is 11.8. The van der Waals surface area contributed by atoms with E-state index in [0.29, 0.717) is 11.7 Å². The van der Waals surface area contributed by atoms with Gasteiger partial charge in [0.2, 0.25) is 0 Å². The first kappa shape index (κ1) is 16.6. The average molecular weight is 317 g/mol. The largest absolute Gasteiger partial charge is 0.513 e. The second kappa shape index (κ2) is 8.63. The van der Waals surface area contributed by atoms with Crippen LogP contribution in [0.2, 0.25) is 0 Å². The summed E-state index contributed by atoms with van der Waals surface area (Å²) >= 11 is 0. The van der Waals surface area contributed by atoms with Crippen molar-refractivity contribution in [3.05, 3.63) is 54.9 Å². The van der Waals surface area contributed by atoms with Gasteiger partial charge in [-0.05, 0) is 24.5 Å². The van der Waals surface area contributed by atoms with E-state index in [0.717, 1.165) is 6.42 Å². The van der Waals surface area contributed by atoms with E-state index in [2.05, 4.69) is 6.92 Å². The molecule has 2 rings (SSSR count). The molecule has 122 valence electrons. The third-order valence-corrected chi connectivity index (χ3v) is 3.03. The fourth-order valence-electron chi connectivity index (χ4n) is 1.82. The molecule has 1 atom stereocenters. The number of hydrogen-bond acceptors (Lipinski definition) is 5. The Morgan fingerprint density at radius 1 is 1.13 bits per heavy atom. The first-order chi connectivity index (χ1) is 11.1. The Kier molecular flexibility index (Phi) is 6.23. The minimum absolute atomic E-state index is 0.0452. The zero-order valence-electron chi connectivity index (χ0n) is 12.9. The highest BCUT2D eigenvalue weighted by molar-refractivity contribution is 5.70. The fourth-order valence-corrected chi connectivity index (χ4v) is 1.82. The van der Waals surface area contributed by atoms with Crippen LogP contribution in [0.25, 0.3) is 0 Å². The molecular formula is C17H19NO5. The number of nitrogens with zero attached hydrogens (tertiary/aromatic N) is 1. The summed E-state index contributed by atoms with van der Waals surface area (Å²) in [5.74, 6) is 0.767. The van der Waals surface area contributed by atoms with Crippen molar-refractivity contribution in [2.45, 2.75) is 13.3 Å². The summed E-state index contributed by atoms with van der Waals surface area (Å²) in [5.41, 5.74) is 0. The quantitative estimate of drug-likeness (QED) is 0.481. The number of ether oxygens (including phenoxy) is 3. The number of rotatable bonds is 4. The molecule has 0 radical (unpaired) electrons. The third-order valence-electron chi connectivity index (χ3n) is 3.03. The second-order valence-corrected chi connectivity index (χ2v) is 4.97. The van der Waals surface area contributed by atoms with Crippen LogP contribution < -0.4 is 4.74 Å². The van der Waals surface area contributed by atoms with Gasteiger partial charge in [-0.3, -0.25) is 4.90 Å². The van der Waals surface area contributed by atoms with Crippen molar-refractivity contribution >= 4 is 12.2 Å². The summed E-state index contributed by atoms with van der Waals surface area (Å²) in [6, 6.07) is 8.58. The van der Waals surface area contributed by atoms with Crippen molar-refractivity contribution in [3.8, 4) is 5.75 Å². The minimum Gasteiger partial charge on any atom is -0.445 e. The number of hydrogen-bond donors (Lipinski definition) is 0. The van der Waals surface area contributed by atoms with Crippen molar-refractivity contribution in [1.82, 2.24) is 4.90 Å². The van der Waals surface area contributed by atoms with Crippen molar-refractivity contribution in [2.75, 3.05) is 13.2 Å². The molecule has 1 unspecified atom stereocenters. The van der Waals surface area contributed by atoms with Gasteiger partial charge in [0, 0.05) is 12.4 Å². The fraction of sp³-hybridized carbons (Fsp3) is 0.294. The van der Waals surface area contributed by atoms with Crippen molar-refractivity contribution in [3.63, 3.8) is 0 Å². The maximum Gasteiger partial charge on any atom is 0.513 e. The molecule has 0 fully saturated rings. The van der Waals surface area contributed by atoms with Gasteiger partial charge in [-0.25, -0.2) is 9.59 Å². The van der Waals surface area contributed by atoms with E-state index >= 15 is 0 Å². The Bertz CT molecular complexity index is 582. The molecule has 0 aliphatic carbocycles. The van der Waals surface area contributed by atoms with Gasteiger partial charge in [0.1, 0.15) is 19.0 Å². The highest BCUT2D eigenvalue weighted by Crippen LogP contribution is 2.12. The SMILES string of the molecule is CC1C=CN(C(=O)OCCOC(=O)Oc2ccccc2)C=CC1. The maximum atomic E-state index is 11.8. The topological polar surface area (TPSA) is 65.1 Å². The Labute approximate surface area is 134 Å². The lowest BCUT2D eigenvalue weighted by Gasteiger charge is -2.13. The zero-order chi connectivity index (χ0) is 16.5. The summed E-state index contributed by atoms with van der Waals surface area (Å²) in [5, 5.41) is 0. The van der Waals surface area contributed by atoms with E-state index in [9.17, 15) is 9.59 Å². The normalized spacial score (nSPS) is 16.6. The smallest absolute Gasteiger partial charge is 0.445 e. The number of allylic oxidation sites excluding steroid dienone is 2. The van der Waals surface area contributed by atoms with Crippen molar-refractivity contribution < 1.29 is 23.8 Å². The summed E-state index contributed by atoms with van der Waals surface area (Å²) in [6.07, 6.45) is 6.67. The van der Waals surface area contributed by atoms with Gasteiger partial charge in [-0.1, -0.05) is 37.3 Å². The molecule has 1 aromatic carbocycles. The summed E-state index contributed by atoms with van der Waals surface area (Å²) < 4.78 is 14.8. The van der Waals surface area contributed by atoms with E-state index in [4.69, 9.17) is 14.2 Å². The van der Waals surface area contributed by atoms with Gasteiger partial charge in [-0.15, -0.1) is 0 Å². The molecule has 0 N–H and O–H groups in total. The van der Waals surface area contributed by atoms with Gasteiger partial charge >= 0.3 is 12.2 Å². The Morgan fingerprint density at radius 3 is 2.65 bits per heavy atom. The lowest BCUT2D eigenvalue weighted by atomic mass is 10.1. The van der Waals surface area contributed by atoms with Crippen LogP contribution in [-0.4, -0.2) is 30.4 Å². The molecule has 1 aliphatic rings. The number of para-hydroxylation sites is 1. The molecular weight excluding hydrogens is 298 g/mol. The Morgan fingerprint density at radius 2 is 1.87 bits per heavy atom. The second-order valence-electron chi connectivity index (χ2n) is 4.97. The van der Waals surface area contributed by atoms with Crippen LogP contribution in [-0.2, 0) is 9.47 Å². The molecule has 23 heavy (non-hydrogen) atoms. The van der Waals surface area contributed by atoms with Crippen molar-refractivity contribution in [1.29, 1.82) is 0 Å². The highest BCUT2D eigenvalue weighted by atomic mass is 16.7. The first-order valence-electron chi connectivity index (χ1n) is 7.35. The van der Waals surface area contributed by atoms with E-state index in [1.807, 2.05) is 18.2 Å². The average Bonchev–Trinajstić information content (AvgIpc) is 2.77. The van der Waals surface area contributed by atoms with Gasteiger partial charge in [-0.2, -0.15) is 0 Å². The molecule has 0 saturated carbocycles. The predicted molar refractivity (Wildman–Crippen MR) is 83.7 cm³/mol. The van der Waals surface area contributed by atoms with Gasteiger partial charge in [0.05, 0.1) is 0 Å². The van der Waals surface area contributed by atoms with Crippen LogP contribution in [0.5, 0.6) is 5.75 Å². The van der Waals surface area contributed by atoms with Gasteiger partial charge < -0.3 is 14.2 Å². The third kappa shape index (κ3) is 5.86. The minimum atomic E-state index is -0.837. The molecule has 0 spiro atoms. The van der Waals surface area contributed by atoms with Gasteiger partial charge in [0.25, 0.3) is 0 Å². The van der Waals surface area contributed by atoms with E-state index < -0.39 is 12.2 Å². The molecule has 0 bridgehead atoms. The molecule has 1 aromatic rings. The molecule has 0 saturated heterocycles. The molecule has 1 aliphatic heterocycles. The van der Waals surface area contributed by atoms with E-state index in [1.165, 1.54) is 4.90 Å². The van der Waals surface area contributed by atoms with E-state index in [-0.39, 0.29) is 13.2 Å². The van der Waals surface area contributed by atoms with Crippen LogP contribution in [0.1, 0.15) is 13.3 Å². The predicted octanol–water partition coefficient (Wildman–Crippen LogP) is 3.71. The number of carbonyl (C=O) groups is 2. The van der Waals surface area contributed by atoms with Crippen LogP contribution in [0, 0.1) is 5.92 Å². The first-order valence-corrected chi connectivity index (χ1v) is 7.35. The highest BCUT2D eigenvalue weighted by Gasteiger charge is 2.12. The summed E-state index contributed by atoms with van der Waals surface area (Å²) in [7, 11) is 0.